The maximum absolute atomic E-state index is 14.8. The predicted octanol–water partition coefficient (Wildman–Crippen LogP) is 5.99. The third-order valence-corrected chi connectivity index (χ3v) is 9.16. The van der Waals surface area contributed by atoms with E-state index in [1.54, 1.807) is 23.9 Å². The number of hydrogen-bond acceptors (Lipinski definition) is 7. The molecule has 186 valence electrons. The van der Waals surface area contributed by atoms with Gasteiger partial charge in [0.1, 0.15) is 29.7 Å². The van der Waals surface area contributed by atoms with Crippen LogP contribution in [0.2, 0.25) is 0 Å². The van der Waals surface area contributed by atoms with Gasteiger partial charge in [0.05, 0.1) is 17.3 Å². The largest absolute Gasteiger partial charge is 0.472 e. The van der Waals surface area contributed by atoms with Crippen molar-refractivity contribution in [3.05, 3.63) is 35.9 Å². The fourth-order valence-electron chi connectivity index (χ4n) is 5.19. The van der Waals surface area contributed by atoms with E-state index >= 15 is 0 Å². The smallest absolute Gasteiger partial charge is 0.410 e. The average Bonchev–Trinajstić information content (AvgIpc) is 3.24. The van der Waals surface area contributed by atoms with E-state index in [9.17, 15) is 9.18 Å². The number of thioether (sulfide) groups is 1. The molecule has 3 atom stereocenters. The number of fused-ring (bicyclic) bond motifs is 2. The maximum atomic E-state index is 14.8. The van der Waals surface area contributed by atoms with Crippen molar-refractivity contribution in [2.45, 2.75) is 99.1 Å². The molecule has 1 amide bonds. The molecule has 3 unspecified atom stereocenters. The zero-order valence-corrected chi connectivity index (χ0v) is 20.9. The zero-order chi connectivity index (χ0) is 24.2. The normalized spacial score (nSPS) is 26.4. The molecule has 2 aliphatic carbocycles. The monoisotopic (exact) mass is 498 g/mol. The molecule has 0 radical (unpaired) electrons. The summed E-state index contributed by atoms with van der Waals surface area (Å²) in [6.07, 6.45) is 9.23. The SMILES string of the molecule is Cc1c(Nc2ccc(SC3CCC3)cc2F)ncnc1OC1CC2CCC1N2C(=O)OC1(C)CC1. The number of amides is 1. The van der Waals surface area contributed by atoms with E-state index in [1.165, 1.54) is 25.6 Å². The van der Waals surface area contributed by atoms with E-state index in [0.29, 0.717) is 28.2 Å². The first-order chi connectivity index (χ1) is 16.9. The fourth-order valence-corrected chi connectivity index (χ4v) is 6.46. The van der Waals surface area contributed by atoms with E-state index < -0.39 is 0 Å². The quantitative estimate of drug-likeness (QED) is 0.503. The summed E-state index contributed by atoms with van der Waals surface area (Å²) < 4.78 is 26.9. The van der Waals surface area contributed by atoms with E-state index in [-0.39, 0.29) is 35.7 Å². The Hall–Kier alpha value is -2.55. The van der Waals surface area contributed by atoms with Gasteiger partial charge < -0.3 is 14.8 Å². The molecule has 2 saturated heterocycles. The van der Waals surface area contributed by atoms with Crippen LogP contribution in [0.1, 0.15) is 63.9 Å². The van der Waals surface area contributed by atoms with Crippen molar-refractivity contribution in [1.29, 1.82) is 0 Å². The van der Waals surface area contributed by atoms with Gasteiger partial charge in [-0.05, 0) is 70.6 Å². The Kier molecular flexibility index (Phi) is 5.78. The number of hydrogen-bond donors (Lipinski definition) is 1. The van der Waals surface area contributed by atoms with Gasteiger partial charge in [-0.2, -0.15) is 0 Å². The van der Waals surface area contributed by atoms with E-state index in [4.69, 9.17) is 9.47 Å². The second-order valence-corrected chi connectivity index (χ2v) is 11.9. The summed E-state index contributed by atoms with van der Waals surface area (Å²) in [6, 6.07) is 5.43. The van der Waals surface area contributed by atoms with Crippen LogP contribution in [0.4, 0.5) is 20.7 Å². The molecule has 0 spiro atoms. The lowest BCUT2D eigenvalue weighted by Gasteiger charge is -2.26. The van der Waals surface area contributed by atoms with E-state index in [0.717, 1.165) is 37.0 Å². The molecule has 1 N–H and O–H groups in total. The molecule has 2 saturated carbocycles. The second kappa shape index (κ2) is 8.84. The third kappa shape index (κ3) is 4.55. The Morgan fingerprint density at radius 2 is 2.06 bits per heavy atom. The summed E-state index contributed by atoms with van der Waals surface area (Å²) in [5.41, 5.74) is 0.795. The Bertz CT molecular complexity index is 1140. The molecule has 1 aromatic heterocycles. The summed E-state index contributed by atoms with van der Waals surface area (Å²) in [5.74, 6) is 0.663. The topological polar surface area (TPSA) is 76.6 Å². The number of nitrogens with zero attached hydrogens (tertiary/aromatic N) is 3. The van der Waals surface area contributed by atoms with Gasteiger partial charge in [-0.3, -0.25) is 4.90 Å². The minimum absolute atomic E-state index is 0.0150. The van der Waals surface area contributed by atoms with Gasteiger partial charge in [-0.25, -0.2) is 19.2 Å². The van der Waals surface area contributed by atoms with Crippen LogP contribution in [-0.2, 0) is 4.74 Å². The van der Waals surface area contributed by atoms with Crippen molar-refractivity contribution in [2.24, 2.45) is 0 Å². The summed E-state index contributed by atoms with van der Waals surface area (Å²) in [4.78, 5) is 24.3. The molecule has 35 heavy (non-hydrogen) atoms. The van der Waals surface area contributed by atoms with Gasteiger partial charge in [0.15, 0.2) is 0 Å². The standard InChI is InChI=1S/C26H31FN4O3S/c1-15-23(30-20-8-7-18(13-19(20)27)35-17-4-3-5-17)28-14-29-24(15)33-22-12-16-6-9-21(22)31(16)25(32)34-26(2)10-11-26/h7-8,13-14,16-17,21-22H,3-6,9-12H2,1-2H3,(H,28,29,30). The van der Waals surface area contributed by atoms with Crippen molar-refractivity contribution in [2.75, 3.05) is 5.32 Å². The van der Waals surface area contributed by atoms with Crippen LogP contribution in [-0.4, -0.2) is 50.0 Å². The molecule has 9 heteroatoms. The number of aromatic nitrogens is 2. The molecular formula is C26H31FN4O3S. The second-order valence-electron chi connectivity index (χ2n) is 10.5. The summed E-state index contributed by atoms with van der Waals surface area (Å²) in [7, 11) is 0. The van der Waals surface area contributed by atoms with E-state index in [2.05, 4.69) is 15.3 Å². The zero-order valence-electron chi connectivity index (χ0n) is 20.1. The highest BCUT2D eigenvalue weighted by Crippen LogP contribution is 2.44. The third-order valence-electron chi connectivity index (χ3n) is 7.83. The number of carbonyl (C=O) groups excluding carboxylic acids is 1. The van der Waals surface area contributed by atoms with Gasteiger partial charge in [0, 0.05) is 22.6 Å². The Balaban J connectivity index is 1.13. The van der Waals surface area contributed by atoms with Crippen LogP contribution >= 0.6 is 11.8 Å². The van der Waals surface area contributed by atoms with Crippen molar-refractivity contribution >= 4 is 29.4 Å². The predicted molar refractivity (Wildman–Crippen MR) is 132 cm³/mol. The van der Waals surface area contributed by atoms with Gasteiger partial charge >= 0.3 is 6.09 Å². The van der Waals surface area contributed by atoms with Gasteiger partial charge in [-0.15, -0.1) is 11.8 Å². The number of nitrogens with one attached hydrogen (secondary N) is 1. The Morgan fingerprint density at radius 1 is 1.23 bits per heavy atom. The highest BCUT2D eigenvalue weighted by atomic mass is 32.2. The minimum atomic E-state index is -0.304. The first kappa shape index (κ1) is 22.9. The average molecular weight is 499 g/mol. The van der Waals surface area contributed by atoms with Gasteiger partial charge in [0.25, 0.3) is 0 Å². The number of benzene rings is 1. The molecule has 6 rings (SSSR count). The number of anilines is 2. The molecule has 4 fully saturated rings. The van der Waals surface area contributed by atoms with Crippen molar-refractivity contribution in [3.63, 3.8) is 0 Å². The van der Waals surface area contributed by atoms with Crippen LogP contribution in [0, 0.1) is 12.7 Å². The highest BCUT2D eigenvalue weighted by Gasteiger charge is 2.53. The molecule has 7 nitrogen and oxygen atoms in total. The number of carbonyl (C=O) groups is 1. The van der Waals surface area contributed by atoms with Crippen LogP contribution in [0.15, 0.2) is 29.4 Å². The van der Waals surface area contributed by atoms with Crippen LogP contribution in [0.3, 0.4) is 0 Å². The number of rotatable bonds is 7. The van der Waals surface area contributed by atoms with E-state index in [1.807, 2.05) is 24.8 Å². The number of ether oxygens (including phenoxy) is 2. The molecule has 4 aliphatic rings. The summed E-state index contributed by atoms with van der Waals surface area (Å²) in [6.45, 7) is 3.85. The molecule has 2 aliphatic heterocycles. The first-order valence-corrected chi connectivity index (χ1v) is 13.5. The molecule has 1 aromatic carbocycles. The Labute approximate surface area is 209 Å². The van der Waals surface area contributed by atoms with Crippen LogP contribution in [0.25, 0.3) is 0 Å². The van der Waals surface area contributed by atoms with Crippen LogP contribution in [0.5, 0.6) is 5.88 Å². The fraction of sp³-hybridized carbons (Fsp3) is 0.577. The lowest BCUT2D eigenvalue weighted by Crippen LogP contribution is -2.41. The van der Waals surface area contributed by atoms with Gasteiger partial charge in [0.2, 0.25) is 5.88 Å². The van der Waals surface area contributed by atoms with Crippen molar-refractivity contribution in [1.82, 2.24) is 14.9 Å². The van der Waals surface area contributed by atoms with Gasteiger partial charge in [-0.1, -0.05) is 6.42 Å². The lowest BCUT2D eigenvalue weighted by atomic mass is 9.98. The highest BCUT2D eigenvalue weighted by molar-refractivity contribution is 8.00. The molecular weight excluding hydrogens is 467 g/mol. The molecule has 2 bridgehead atoms. The van der Waals surface area contributed by atoms with Crippen molar-refractivity contribution in [3.8, 4) is 5.88 Å². The molecule has 3 heterocycles. The summed E-state index contributed by atoms with van der Waals surface area (Å²) >= 11 is 1.75. The minimum Gasteiger partial charge on any atom is -0.472 e. The maximum Gasteiger partial charge on any atom is 0.410 e. The van der Waals surface area contributed by atoms with Crippen LogP contribution < -0.4 is 10.1 Å². The summed E-state index contributed by atoms with van der Waals surface area (Å²) in [5, 5.41) is 3.72. The molecule has 2 aromatic rings. The number of halogens is 1. The van der Waals surface area contributed by atoms with Crippen molar-refractivity contribution < 1.29 is 18.7 Å². The first-order valence-electron chi connectivity index (χ1n) is 12.6. The Morgan fingerprint density at radius 3 is 2.77 bits per heavy atom. The lowest BCUT2D eigenvalue weighted by molar-refractivity contribution is 0.0482.